The second-order valence-corrected chi connectivity index (χ2v) is 9.36. The number of likely N-dealkylation sites (tertiary alicyclic amines) is 1. The summed E-state index contributed by atoms with van der Waals surface area (Å²) in [7, 11) is 1.55. The summed E-state index contributed by atoms with van der Waals surface area (Å²) in [5.74, 6) is -0.468. The fourth-order valence-corrected chi connectivity index (χ4v) is 4.72. The van der Waals surface area contributed by atoms with Crippen LogP contribution in [0.5, 0.6) is 11.5 Å². The van der Waals surface area contributed by atoms with Crippen LogP contribution in [0.1, 0.15) is 33.9 Å². The third-order valence-corrected chi connectivity index (χ3v) is 6.67. The number of ether oxygens (including phenoxy) is 2. The summed E-state index contributed by atoms with van der Waals surface area (Å²) >= 11 is 0. The highest BCUT2D eigenvalue weighted by atomic mass is 16.5. The highest BCUT2D eigenvalue weighted by Gasteiger charge is 2.46. The number of aliphatic hydroxyl groups is 1. The topological polar surface area (TPSA) is 89.0 Å². The number of Topliss-reactive ketones (excluding diaryl/α,β-unsaturated/α-hetero) is 1. The van der Waals surface area contributed by atoms with E-state index in [1.54, 1.807) is 74.1 Å². The third-order valence-electron chi connectivity index (χ3n) is 6.67. The van der Waals surface area contributed by atoms with Crippen molar-refractivity contribution in [3.05, 3.63) is 131 Å². The van der Waals surface area contributed by atoms with Gasteiger partial charge in [0, 0.05) is 24.5 Å². The zero-order valence-corrected chi connectivity index (χ0v) is 21.7. The van der Waals surface area contributed by atoms with Gasteiger partial charge in [0.15, 0.2) is 0 Å². The molecule has 0 bridgehead atoms. The Kier molecular flexibility index (Phi) is 7.41. The molecule has 1 aliphatic rings. The number of aryl methyl sites for hydroxylation is 1. The Hall–Kier alpha value is -4.91. The minimum absolute atomic E-state index is 0.0238. The van der Waals surface area contributed by atoms with Crippen molar-refractivity contribution in [2.24, 2.45) is 0 Å². The maximum absolute atomic E-state index is 13.3. The number of methoxy groups -OCH3 is 1. The summed E-state index contributed by atoms with van der Waals surface area (Å²) in [6.07, 6.45) is 3.27. The molecule has 196 valence electrons. The van der Waals surface area contributed by atoms with Crippen LogP contribution in [-0.4, -0.2) is 33.8 Å². The van der Waals surface area contributed by atoms with Crippen molar-refractivity contribution in [3.8, 4) is 11.5 Å². The first-order valence-corrected chi connectivity index (χ1v) is 12.5. The molecule has 0 unspecified atom stereocenters. The van der Waals surface area contributed by atoms with Crippen molar-refractivity contribution in [1.82, 2.24) is 9.88 Å². The number of pyridine rings is 1. The van der Waals surface area contributed by atoms with Crippen molar-refractivity contribution < 1.29 is 24.2 Å². The van der Waals surface area contributed by atoms with E-state index in [1.807, 2.05) is 31.2 Å². The molecule has 0 saturated carbocycles. The average Bonchev–Trinajstić information content (AvgIpc) is 3.21. The molecule has 0 radical (unpaired) electrons. The predicted molar refractivity (Wildman–Crippen MR) is 147 cm³/mol. The smallest absolute Gasteiger partial charge is 0.295 e. The molecule has 1 aliphatic heterocycles. The molecule has 1 saturated heterocycles. The van der Waals surface area contributed by atoms with Gasteiger partial charge in [-0.15, -0.1) is 0 Å². The van der Waals surface area contributed by atoms with Gasteiger partial charge in [-0.05, 0) is 72.1 Å². The number of aliphatic hydroxyl groups excluding tert-OH is 1. The van der Waals surface area contributed by atoms with Gasteiger partial charge < -0.3 is 19.5 Å². The van der Waals surface area contributed by atoms with Gasteiger partial charge >= 0.3 is 0 Å². The molecule has 2 heterocycles. The van der Waals surface area contributed by atoms with Crippen LogP contribution in [0.25, 0.3) is 5.76 Å². The van der Waals surface area contributed by atoms with Gasteiger partial charge in [0.05, 0.1) is 18.7 Å². The van der Waals surface area contributed by atoms with Gasteiger partial charge in [-0.25, -0.2) is 0 Å². The molecule has 1 atom stereocenters. The van der Waals surface area contributed by atoms with Crippen molar-refractivity contribution in [2.45, 2.75) is 26.1 Å². The van der Waals surface area contributed by atoms with E-state index in [1.165, 1.54) is 4.90 Å². The van der Waals surface area contributed by atoms with E-state index in [4.69, 9.17) is 9.47 Å². The van der Waals surface area contributed by atoms with Crippen LogP contribution in [0.4, 0.5) is 0 Å². The number of amides is 1. The second kappa shape index (κ2) is 11.2. The summed E-state index contributed by atoms with van der Waals surface area (Å²) in [4.78, 5) is 32.1. The summed E-state index contributed by atoms with van der Waals surface area (Å²) in [5, 5.41) is 11.4. The summed E-state index contributed by atoms with van der Waals surface area (Å²) in [6, 6.07) is 24.8. The maximum atomic E-state index is 13.3. The van der Waals surface area contributed by atoms with Crippen LogP contribution in [-0.2, 0) is 22.7 Å². The van der Waals surface area contributed by atoms with Crippen molar-refractivity contribution >= 4 is 17.4 Å². The zero-order valence-electron chi connectivity index (χ0n) is 21.7. The lowest BCUT2D eigenvalue weighted by Gasteiger charge is -2.25. The number of carbonyl (C=O) groups is 2. The first kappa shape index (κ1) is 25.7. The number of nitrogens with zero attached hydrogens (tertiary/aromatic N) is 2. The molecule has 7 nitrogen and oxygen atoms in total. The molecule has 1 aromatic heterocycles. The van der Waals surface area contributed by atoms with E-state index in [0.717, 1.165) is 16.7 Å². The van der Waals surface area contributed by atoms with E-state index in [2.05, 4.69) is 11.1 Å². The average molecular weight is 521 g/mol. The zero-order chi connectivity index (χ0) is 27.4. The molecular weight excluding hydrogens is 492 g/mol. The van der Waals surface area contributed by atoms with E-state index in [9.17, 15) is 14.7 Å². The molecule has 7 heteroatoms. The SMILES string of the molecule is COc1cccc([C@H]2C(=C(O)c3ccc(OCc4cccc(C)c4)cc3)C(=O)C(=O)N2Cc2ccncc2)c1. The van der Waals surface area contributed by atoms with Gasteiger partial charge in [-0.3, -0.25) is 14.6 Å². The summed E-state index contributed by atoms with van der Waals surface area (Å²) < 4.78 is 11.3. The second-order valence-electron chi connectivity index (χ2n) is 9.36. The Labute approximate surface area is 227 Å². The molecule has 0 aliphatic carbocycles. The lowest BCUT2D eigenvalue weighted by Crippen LogP contribution is -2.29. The molecule has 1 amide bonds. The number of carbonyl (C=O) groups excluding carboxylic acids is 2. The first-order valence-electron chi connectivity index (χ1n) is 12.5. The van der Waals surface area contributed by atoms with Crippen molar-refractivity contribution in [3.63, 3.8) is 0 Å². The van der Waals surface area contributed by atoms with Gasteiger partial charge in [0.1, 0.15) is 23.9 Å². The molecule has 1 fully saturated rings. The molecule has 39 heavy (non-hydrogen) atoms. The predicted octanol–water partition coefficient (Wildman–Crippen LogP) is 5.60. The number of aromatic nitrogens is 1. The van der Waals surface area contributed by atoms with Crippen LogP contribution in [0, 0.1) is 6.92 Å². The normalized spacial score (nSPS) is 16.4. The van der Waals surface area contributed by atoms with Crippen LogP contribution in [0.2, 0.25) is 0 Å². The fourth-order valence-electron chi connectivity index (χ4n) is 4.72. The van der Waals surface area contributed by atoms with Crippen LogP contribution in [0.3, 0.4) is 0 Å². The minimum atomic E-state index is -0.800. The highest BCUT2D eigenvalue weighted by molar-refractivity contribution is 6.46. The van der Waals surface area contributed by atoms with Gasteiger partial charge in [0.25, 0.3) is 11.7 Å². The Bertz CT molecular complexity index is 1530. The summed E-state index contributed by atoms with van der Waals surface area (Å²) in [5.41, 5.74) is 4.11. The van der Waals surface area contributed by atoms with Crippen LogP contribution in [0.15, 0.2) is 103 Å². The Morgan fingerprint density at radius 3 is 2.36 bits per heavy atom. The van der Waals surface area contributed by atoms with Crippen LogP contribution >= 0.6 is 0 Å². The number of ketones is 1. The first-order chi connectivity index (χ1) is 18.9. The van der Waals surface area contributed by atoms with E-state index >= 15 is 0 Å². The lowest BCUT2D eigenvalue weighted by molar-refractivity contribution is -0.140. The highest BCUT2D eigenvalue weighted by Crippen LogP contribution is 2.41. The number of benzene rings is 3. The Balaban J connectivity index is 1.48. The lowest BCUT2D eigenvalue weighted by atomic mass is 9.95. The molecule has 3 aromatic carbocycles. The maximum Gasteiger partial charge on any atom is 0.295 e. The molecule has 0 spiro atoms. The monoisotopic (exact) mass is 520 g/mol. The van der Waals surface area contributed by atoms with Gasteiger partial charge in [-0.2, -0.15) is 0 Å². The van der Waals surface area contributed by atoms with Crippen molar-refractivity contribution in [1.29, 1.82) is 0 Å². The quantitative estimate of drug-likeness (QED) is 0.185. The Morgan fingerprint density at radius 2 is 1.64 bits per heavy atom. The largest absolute Gasteiger partial charge is 0.507 e. The Morgan fingerprint density at radius 1 is 0.897 bits per heavy atom. The molecule has 4 aromatic rings. The number of hydrogen-bond donors (Lipinski definition) is 1. The standard InChI is InChI=1S/C32H28N2O5/c1-21-5-3-6-23(17-21)20-39-26-11-9-24(10-12-26)30(35)28-29(25-7-4-8-27(18-25)38-2)34(32(37)31(28)36)19-22-13-15-33-16-14-22/h3-18,29,35H,19-20H2,1-2H3/t29-/m0/s1. The van der Waals surface area contributed by atoms with Crippen molar-refractivity contribution in [2.75, 3.05) is 7.11 Å². The van der Waals surface area contributed by atoms with Gasteiger partial charge in [0.2, 0.25) is 0 Å². The van der Waals surface area contributed by atoms with Crippen LogP contribution < -0.4 is 9.47 Å². The molecular formula is C32H28N2O5. The molecule has 1 N–H and O–H groups in total. The van der Waals surface area contributed by atoms with E-state index in [0.29, 0.717) is 29.2 Å². The van der Waals surface area contributed by atoms with E-state index < -0.39 is 17.7 Å². The van der Waals surface area contributed by atoms with Gasteiger partial charge in [-0.1, -0.05) is 42.0 Å². The minimum Gasteiger partial charge on any atom is -0.507 e. The third kappa shape index (κ3) is 5.52. The molecule has 5 rings (SSSR count). The summed E-state index contributed by atoms with van der Waals surface area (Å²) in [6.45, 7) is 2.61. The fraction of sp³-hybridized carbons (Fsp3) is 0.156. The van der Waals surface area contributed by atoms with E-state index in [-0.39, 0.29) is 17.9 Å². The number of hydrogen-bond acceptors (Lipinski definition) is 6. The number of rotatable bonds is 8.